The first-order valence-electron chi connectivity index (χ1n) is 5.17. The number of carbonyl (C=O) groups is 1. The number of thioether (sulfide) groups is 1. The molecule has 0 bridgehead atoms. The number of pyridine rings is 1. The second kappa shape index (κ2) is 4.87. The summed E-state index contributed by atoms with van der Waals surface area (Å²) >= 11 is 1.60. The molecule has 0 aromatic carbocycles. The van der Waals surface area contributed by atoms with Gasteiger partial charge in [0.25, 0.3) is 0 Å². The van der Waals surface area contributed by atoms with Gasteiger partial charge in [0.15, 0.2) is 0 Å². The van der Waals surface area contributed by atoms with Gasteiger partial charge in [0.05, 0.1) is 4.90 Å². The third-order valence-electron chi connectivity index (χ3n) is 2.22. The van der Waals surface area contributed by atoms with Crippen LogP contribution in [0.4, 0.5) is 5.82 Å². The molecule has 0 atom stereocenters. The number of aryl methyl sites for hydroxylation is 1. The van der Waals surface area contributed by atoms with Crippen LogP contribution in [0.25, 0.3) is 0 Å². The Kier molecular flexibility index (Phi) is 3.97. The van der Waals surface area contributed by atoms with Crippen LogP contribution in [0.3, 0.4) is 0 Å². The number of amides is 1. The molecule has 0 aliphatic rings. The smallest absolute Gasteiger partial charge is 0.230 e. The lowest BCUT2D eigenvalue weighted by atomic mass is 9.96. The first-order chi connectivity index (χ1) is 7.36. The first-order valence-corrected chi connectivity index (χ1v) is 6.40. The van der Waals surface area contributed by atoms with Crippen molar-refractivity contribution in [1.82, 2.24) is 4.98 Å². The fourth-order valence-corrected chi connectivity index (χ4v) is 1.87. The fourth-order valence-electron chi connectivity index (χ4n) is 1.19. The minimum absolute atomic E-state index is 0.0131. The quantitative estimate of drug-likeness (QED) is 0.805. The minimum atomic E-state index is -0.402. The van der Waals surface area contributed by atoms with Crippen molar-refractivity contribution in [3.63, 3.8) is 0 Å². The van der Waals surface area contributed by atoms with E-state index in [1.807, 2.05) is 40.0 Å². The van der Waals surface area contributed by atoms with Gasteiger partial charge in [0.1, 0.15) is 5.82 Å². The highest BCUT2D eigenvalue weighted by molar-refractivity contribution is 7.98. The van der Waals surface area contributed by atoms with Crippen molar-refractivity contribution in [3.8, 4) is 0 Å². The summed E-state index contributed by atoms with van der Waals surface area (Å²) in [5.74, 6) is 0.647. The molecule has 0 radical (unpaired) electrons. The van der Waals surface area contributed by atoms with Crippen molar-refractivity contribution in [2.75, 3.05) is 11.6 Å². The molecule has 1 aromatic heterocycles. The third-order valence-corrected chi connectivity index (χ3v) is 3.14. The van der Waals surface area contributed by atoms with Crippen molar-refractivity contribution in [2.24, 2.45) is 5.41 Å². The van der Waals surface area contributed by atoms with Crippen molar-refractivity contribution in [1.29, 1.82) is 0 Å². The molecule has 4 heteroatoms. The van der Waals surface area contributed by atoms with Crippen LogP contribution in [0.2, 0.25) is 0 Å². The standard InChI is InChI=1S/C12H18N2OS/c1-8-6-7-13-10(9(8)16-5)14-11(15)12(2,3)4/h6-7H,1-5H3,(H,13,14,15). The van der Waals surface area contributed by atoms with E-state index in [1.54, 1.807) is 18.0 Å². The van der Waals surface area contributed by atoms with Gasteiger partial charge in [-0.3, -0.25) is 4.79 Å². The molecule has 1 aromatic rings. The van der Waals surface area contributed by atoms with Crippen LogP contribution in [-0.4, -0.2) is 17.1 Å². The zero-order valence-corrected chi connectivity index (χ0v) is 11.2. The van der Waals surface area contributed by atoms with Gasteiger partial charge < -0.3 is 5.32 Å². The number of carbonyl (C=O) groups excluding carboxylic acids is 1. The Bertz CT molecular complexity index is 396. The molecule has 0 saturated carbocycles. The van der Waals surface area contributed by atoms with Gasteiger partial charge in [0, 0.05) is 11.6 Å². The van der Waals surface area contributed by atoms with E-state index < -0.39 is 5.41 Å². The monoisotopic (exact) mass is 238 g/mol. The average molecular weight is 238 g/mol. The third kappa shape index (κ3) is 2.98. The van der Waals surface area contributed by atoms with E-state index in [0.29, 0.717) is 5.82 Å². The van der Waals surface area contributed by atoms with Gasteiger partial charge in [0.2, 0.25) is 5.91 Å². The van der Waals surface area contributed by atoms with Crippen LogP contribution in [0, 0.1) is 12.3 Å². The Hall–Kier alpha value is -1.03. The summed E-state index contributed by atoms with van der Waals surface area (Å²) in [6.07, 6.45) is 3.70. The SMILES string of the molecule is CSc1c(C)ccnc1NC(=O)C(C)(C)C. The fraction of sp³-hybridized carbons (Fsp3) is 0.500. The van der Waals surface area contributed by atoms with E-state index in [1.165, 1.54) is 0 Å². The molecule has 0 fully saturated rings. The van der Waals surface area contributed by atoms with Crippen molar-refractivity contribution >= 4 is 23.5 Å². The molecule has 1 amide bonds. The molecule has 0 aliphatic heterocycles. The number of anilines is 1. The highest BCUT2D eigenvalue weighted by Gasteiger charge is 2.22. The van der Waals surface area contributed by atoms with Crippen molar-refractivity contribution in [3.05, 3.63) is 17.8 Å². The molecule has 0 saturated heterocycles. The largest absolute Gasteiger partial charge is 0.309 e. The van der Waals surface area contributed by atoms with Crippen LogP contribution in [0.15, 0.2) is 17.2 Å². The van der Waals surface area contributed by atoms with Gasteiger partial charge in [-0.2, -0.15) is 0 Å². The van der Waals surface area contributed by atoms with E-state index in [2.05, 4.69) is 10.3 Å². The second-order valence-electron chi connectivity index (χ2n) is 4.71. The number of aromatic nitrogens is 1. The van der Waals surface area contributed by atoms with E-state index >= 15 is 0 Å². The maximum absolute atomic E-state index is 11.9. The molecule has 0 aliphatic carbocycles. The van der Waals surface area contributed by atoms with Gasteiger partial charge in [-0.25, -0.2) is 4.98 Å². The molecule has 16 heavy (non-hydrogen) atoms. The highest BCUT2D eigenvalue weighted by Crippen LogP contribution is 2.27. The molecule has 88 valence electrons. The predicted octanol–water partition coefficient (Wildman–Crippen LogP) is 3.10. The lowest BCUT2D eigenvalue weighted by Crippen LogP contribution is -2.28. The molecule has 1 N–H and O–H groups in total. The summed E-state index contributed by atoms with van der Waals surface area (Å²) in [7, 11) is 0. The molecule has 1 heterocycles. The topological polar surface area (TPSA) is 42.0 Å². The van der Waals surface area contributed by atoms with Crippen LogP contribution in [-0.2, 0) is 4.79 Å². The number of hydrogen-bond acceptors (Lipinski definition) is 3. The normalized spacial score (nSPS) is 11.3. The number of nitrogens with zero attached hydrogens (tertiary/aromatic N) is 1. The molecule has 1 rings (SSSR count). The summed E-state index contributed by atoms with van der Waals surface area (Å²) < 4.78 is 0. The van der Waals surface area contributed by atoms with Gasteiger partial charge in [-0.15, -0.1) is 11.8 Å². The first kappa shape index (κ1) is 13.0. The minimum Gasteiger partial charge on any atom is -0.309 e. The van der Waals surface area contributed by atoms with Crippen LogP contribution in [0.5, 0.6) is 0 Å². The molecule has 3 nitrogen and oxygen atoms in total. The van der Waals surface area contributed by atoms with Gasteiger partial charge >= 0.3 is 0 Å². The zero-order chi connectivity index (χ0) is 12.3. The van der Waals surface area contributed by atoms with Crippen LogP contribution < -0.4 is 5.32 Å². The summed E-state index contributed by atoms with van der Waals surface area (Å²) in [6, 6.07) is 1.94. The predicted molar refractivity (Wildman–Crippen MR) is 68.8 cm³/mol. The van der Waals surface area contributed by atoms with Crippen molar-refractivity contribution in [2.45, 2.75) is 32.6 Å². The number of hydrogen-bond donors (Lipinski definition) is 1. The Morgan fingerprint density at radius 2 is 2.06 bits per heavy atom. The molecule has 0 unspecified atom stereocenters. The Balaban J connectivity index is 2.98. The summed E-state index contributed by atoms with van der Waals surface area (Å²) in [5, 5.41) is 2.87. The molecule has 0 spiro atoms. The zero-order valence-electron chi connectivity index (χ0n) is 10.4. The van der Waals surface area contributed by atoms with E-state index in [-0.39, 0.29) is 5.91 Å². The lowest BCUT2D eigenvalue weighted by Gasteiger charge is -2.18. The Morgan fingerprint density at radius 3 is 2.56 bits per heavy atom. The number of nitrogens with one attached hydrogen (secondary N) is 1. The van der Waals surface area contributed by atoms with Crippen LogP contribution >= 0.6 is 11.8 Å². The van der Waals surface area contributed by atoms with E-state index in [0.717, 1.165) is 10.5 Å². The van der Waals surface area contributed by atoms with Gasteiger partial charge in [-0.05, 0) is 24.8 Å². The Labute approximate surface area is 101 Å². The number of rotatable bonds is 2. The maximum Gasteiger partial charge on any atom is 0.230 e. The van der Waals surface area contributed by atoms with Crippen LogP contribution in [0.1, 0.15) is 26.3 Å². The van der Waals surface area contributed by atoms with E-state index in [9.17, 15) is 4.79 Å². The van der Waals surface area contributed by atoms with Gasteiger partial charge in [-0.1, -0.05) is 20.8 Å². The highest BCUT2D eigenvalue weighted by atomic mass is 32.2. The summed E-state index contributed by atoms with van der Waals surface area (Å²) in [6.45, 7) is 7.67. The van der Waals surface area contributed by atoms with E-state index in [4.69, 9.17) is 0 Å². The average Bonchev–Trinajstić information content (AvgIpc) is 2.16. The summed E-state index contributed by atoms with van der Waals surface area (Å²) in [4.78, 5) is 17.1. The molecular formula is C12H18N2OS. The Morgan fingerprint density at radius 1 is 1.44 bits per heavy atom. The molecular weight excluding hydrogens is 220 g/mol. The maximum atomic E-state index is 11.9. The van der Waals surface area contributed by atoms with Crippen molar-refractivity contribution < 1.29 is 4.79 Å². The summed E-state index contributed by atoms with van der Waals surface area (Å²) in [5.41, 5.74) is 0.730. The second-order valence-corrected chi connectivity index (χ2v) is 5.53. The lowest BCUT2D eigenvalue weighted by molar-refractivity contribution is -0.123.